The molecular formula is C17H14N2O3S2. The highest BCUT2D eigenvalue weighted by atomic mass is 32.2. The molecule has 0 aliphatic heterocycles. The molecular weight excluding hydrogens is 344 g/mol. The molecule has 0 fully saturated rings. The largest absolute Gasteiger partial charge is 0.494 e. The van der Waals surface area contributed by atoms with Crippen LogP contribution >= 0.6 is 23.1 Å². The Hall–Kier alpha value is -2.38. The standard InChI is InChI=1S/C17H14N2O3S2/c1-2-22-13-8-9-14-16(10-13)24-17(18-14)23-11-15(19(20)21)12-6-4-3-5-7-12/h3-11H,2H2,1H3/b15-11+. The van der Waals surface area contributed by atoms with Crippen LogP contribution in [-0.4, -0.2) is 16.5 Å². The Balaban J connectivity index is 1.86. The second-order valence-corrected chi connectivity index (χ2v) is 6.93. The molecule has 0 saturated carbocycles. The number of nitrogens with zero attached hydrogens (tertiary/aromatic N) is 2. The average Bonchev–Trinajstić information content (AvgIpc) is 2.98. The van der Waals surface area contributed by atoms with Gasteiger partial charge in [0.2, 0.25) is 0 Å². The van der Waals surface area contributed by atoms with Crippen LogP contribution in [0.2, 0.25) is 0 Å². The summed E-state index contributed by atoms with van der Waals surface area (Å²) in [6.45, 7) is 2.55. The van der Waals surface area contributed by atoms with Gasteiger partial charge in [0.05, 0.1) is 32.7 Å². The third-order valence-corrected chi connectivity index (χ3v) is 5.17. The summed E-state index contributed by atoms with van der Waals surface area (Å²) < 4.78 is 7.24. The summed E-state index contributed by atoms with van der Waals surface area (Å²) in [7, 11) is 0. The molecule has 1 heterocycles. The maximum Gasteiger partial charge on any atom is 0.283 e. The molecule has 0 spiro atoms. The first-order valence-corrected chi connectivity index (χ1v) is 8.97. The van der Waals surface area contributed by atoms with E-state index in [0.717, 1.165) is 20.3 Å². The number of thiazole rings is 1. The molecule has 122 valence electrons. The zero-order valence-corrected chi connectivity index (χ0v) is 14.5. The molecule has 2 aromatic carbocycles. The van der Waals surface area contributed by atoms with E-state index < -0.39 is 0 Å². The number of hydrogen-bond acceptors (Lipinski definition) is 6. The summed E-state index contributed by atoms with van der Waals surface area (Å²) in [6, 6.07) is 14.6. The minimum Gasteiger partial charge on any atom is -0.494 e. The average molecular weight is 358 g/mol. The lowest BCUT2D eigenvalue weighted by atomic mass is 10.2. The van der Waals surface area contributed by atoms with Gasteiger partial charge in [-0.1, -0.05) is 30.0 Å². The van der Waals surface area contributed by atoms with Crippen molar-refractivity contribution >= 4 is 39.0 Å². The van der Waals surface area contributed by atoms with Gasteiger partial charge in [-0.2, -0.15) is 0 Å². The molecule has 0 amide bonds. The summed E-state index contributed by atoms with van der Waals surface area (Å²) in [5.74, 6) is 0.802. The van der Waals surface area contributed by atoms with Gasteiger partial charge < -0.3 is 4.74 Å². The molecule has 0 aliphatic carbocycles. The minimum atomic E-state index is -0.372. The SMILES string of the molecule is CCOc1ccc2nc(S/C=C(\c3ccccc3)[N+](=O)[O-])sc2c1. The molecule has 3 aromatic rings. The van der Waals surface area contributed by atoms with Gasteiger partial charge in [-0.25, -0.2) is 4.98 Å². The molecule has 0 aliphatic rings. The summed E-state index contributed by atoms with van der Waals surface area (Å²) >= 11 is 2.75. The number of hydrogen-bond donors (Lipinski definition) is 0. The summed E-state index contributed by atoms with van der Waals surface area (Å²) in [5.41, 5.74) is 1.51. The van der Waals surface area contributed by atoms with Gasteiger partial charge in [-0.3, -0.25) is 10.1 Å². The van der Waals surface area contributed by atoms with Crippen molar-refractivity contribution in [2.75, 3.05) is 6.61 Å². The van der Waals surface area contributed by atoms with Crippen LogP contribution in [0.15, 0.2) is 58.3 Å². The molecule has 0 bridgehead atoms. The van der Waals surface area contributed by atoms with E-state index in [-0.39, 0.29) is 10.6 Å². The molecule has 3 rings (SSSR count). The van der Waals surface area contributed by atoms with E-state index in [0.29, 0.717) is 12.2 Å². The maximum atomic E-state index is 11.3. The normalized spacial score (nSPS) is 11.6. The van der Waals surface area contributed by atoms with Crippen molar-refractivity contribution in [2.24, 2.45) is 0 Å². The molecule has 0 saturated heterocycles. The minimum absolute atomic E-state index is 0.0647. The van der Waals surface area contributed by atoms with E-state index in [1.165, 1.54) is 28.5 Å². The summed E-state index contributed by atoms with van der Waals surface area (Å²) in [6.07, 6.45) is 0. The molecule has 5 nitrogen and oxygen atoms in total. The van der Waals surface area contributed by atoms with Crippen molar-refractivity contribution in [2.45, 2.75) is 11.3 Å². The van der Waals surface area contributed by atoms with Gasteiger partial charge in [-0.15, -0.1) is 11.3 Å². The molecule has 0 unspecified atom stereocenters. The van der Waals surface area contributed by atoms with Crippen LogP contribution in [0, 0.1) is 10.1 Å². The highest BCUT2D eigenvalue weighted by Crippen LogP contribution is 2.33. The Morgan fingerprint density at radius 2 is 2.12 bits per heavy atom. The number of nitro groups is 1. The first kappa shape index (κ1) is 16.5. The molecule has 24 heavy (non-hydrogen) atoms. The van der Waals surface area contributed by atoms with E-state index in [1.807, 2.05) is 31.2 Å². The van der Waals surface area contributed by atoms with E-state index in [4.69, 9.17) is 4.74 Å². The van der Waals surface area contributed by atoms with Crippen molar-refractivity contribution in [3.05, 3.63) is 69.6 Å². The van der Waals surface area contributed by atoms with Gasteiger partial charge in [-0.05, 0) is 37.3 Å². The highest BCUT2D eigenvalue weighted by molar-refractivity contribution is 8.04. The van der Waals surface area contributed by atoms with Gasteiger partial charge in [0.25, 0.3) is 5.70 Å². The van der Waals surface area contributed by atoms with E-state index in [9.17, 15) is 10.1 Å². The summed E-state index contributed by atoms with van der Waals surface area (Å²) in [5, 5.41) is 12.8. The van der Waals surface area contributed by atoms with Crippen LogP contribution in [0.25, 0.3) is 15.9 Å². The van der Waals surface area contributed by atoms with Crippen LogP contribution in [0.4, 0.5) is 0 Å². The topological polar surface area (TPSA) is 65.3 Å². The third kappa shape index (κ3) is 3.74. The number of benzene rings is 2. The molecule has 0 atom stereocenters. The van der Waals surface area contributed by atoms with E-state index in [1.54, 1.807) is 24.3 Å². The predicted molar refractivity (Wildman–Crippen MR) is 98.1 cm³/mol. The molecule has 7 heteroatoms. The molecule has 1 aromatic heterocycles. The summed E-state index contributed by atoms with van der Waals surface area (Å²) in [4.78, 5) is 15.4. The van der Waals surface area contributed by atoms with E-state index >= 15 is 0 Å². The van der Waals surface area contributed by atoms with Crippen LogP contribution in [0.5, 0.6) is 5.75 Å². The van der Waals surface area contributed by atoms with Crippen molar-refractivity contribution in [3.8, 4) is 5.75 Å². The van der Waals surface area contributed by atoms with Crippen LogP contribution < -0.4 is 4.74 Å². The Bertz CT molecular complexity index is 891. The fourth-order valence-corrected chi connectivity index (χ4v) is 4.04. The van der Waals surface area contributed by atoms with Crippen molar-refractivity contribution in [3.63, 3.8) is 0 Å². The Kier molecular flexibility index (Phi) is 5.12. The van der Waals surface area contributed by atoms with E-state index in [2.05, 4.69) is 4.98 Å². The van der Waals surface area contributed by atoms with Crippen LogP contribution in [-0.2, 0) is 0 Å². The second-order valence-electron chi connectivity index (χ2n) is 4.79. The zero-order valence-electron chi connectivity index (χ0n) is 12.8. The fourth-order valence-electron chi connectivity index (χ4n) is 2.12. The number of rotatable bonds is 6. The zero-order chi connectivity index (χ0) is 16.9. The molecule has 0 N–H and O–H groups in total. The van der Waals surface area contributed by atoms with Crippen LogP contribution in [0.3, 0.4) is 0 Å². The smallest absolute Gasteiger partial charge is 0.283 e. The first-order valence-electron chi connectivity index (χ1n) is 7.27. The van der Waals surface area contributed by atoms with Crippen LogP contribution in [0.1, 0.15) is 12.5 Å². The quantitative estimate of drug-likeness (QED) is 0.350. The lowest BCUT2D eigenvalue weighted by Crippen LogP contribution is -1.96. The Labute approximate surface area is 147 Å². The van der Waals surface area contributed by atoms with Crippen molar-refractivity contribution in [1.82, 2.24) is 4.98 Å². The third-order valence-electron chi connectivity index (χ3n) is 3.19. The Morgan fingerprint density at radius 1 is 1.33 bits per heavy atom. The maximum absolute atomic E-state index is 11.3. The second kappa shape index (κ2) is 7.46. The van der Waals surface area contributed by atoms with Crippen molar-refractivity contribution < 1.29 is 9.66 Å². The van der Waals surface area contributed by atoms with Gasteiger partial charge in [0.15, 0.2) is 4.34 Å². The van der Waals surface area contributed by atoms with Gasteiger partial charge in [0.1, 0.15) is 5.75 Å². The molecule has 0 radical (unpaired) electrons. The lowest BCUT2D eigenvalue weighted by Gasteiger charge is -2.00. The monoisotopic (exact) mass is 358 g/mol. The number of thioether (sulfide) groups is 1. The van der Waals surface area contributed by atoms with Crippen molar-refractivity contribution in [1.29, 1.82) is 0 Å². The van der Waals surface area contributed by atoms with Gasteiger partial charge in [0, 0.05) is 0 Å². The number of ether oxygens (including phenoxy) is 1. The first-order chi connectivity index (χ1) is 11.7. The number of aromatic nitrogens is 1. The fraction of sp³-hybridized carbons (Fsp3) is 0.118. The number of fused-ring (bicyclic) bond motifs is 1. The highest BCUT2D eigenvalue weighted by Gasteiger charge is 2.14. The van der Waals surface area contributed by atoms with Gasteiger partial charge >= 0.3 is 0 Å². The predicted octanol–water partition coefficient (Wildman–Crippen LogP) is 5.06. The Morgan fingerprint density at radius 3 is 2.83 bits per heavy atom. The lowest BCUT2D eigenvalue weighted by molar-refractivity contribution is -0.375.